The second-order valence-electron chi connectivity index (χ2n) is 10.5. The first kappa shape index (κ1) is 29.7. The summed E-state index contributed by atoms with van der Waals surface area (Å²) in [5.41, 5.74) is 1.55. The van der Waals surface area contributed by atoms with Crippen LogP contribution in [-0.4, -0.2) is 69.8 Å². The lowest BCUT2D eigenvalue weighted by molar-refractivity contribution is -0.141. The van der Waals surface area contributed by atoms with Crippen molar-refractivity contribution in [2.24, 2.45) is 0 Å². The molecule has 1 heterocycles. The Hall–Kier alpha value is -3.27. The summed E-state index contributed by atoms with van der Waals surface area (Å²) in [6.45, 7) is 3.31. The summed E-state index contributed by atoms with van der Waals surface area (Å²) >= 11 is 0. The van der Waals surface area contributed by atoms with E-state index in [0.717, 1.165) is 37.5 Å². The monoisotopic (exact) mass is 571 g/mol. The number of hydrogen-bond acceptors (Lipinski definition) is 6. The highest BCUT2D eigenvalue weighted by atomic mass is 32.2. The van der Waals surface area contributed by atoms with Gasteiger partial charge in [0.2, 0.25) is 21.8 Å². The molecule has 1 aliphatic carbocycles. The van der Waals surface area contributed by atoms with Crippen LogP contribution in [0.4, 0.5) is 5.69 Å². The fourth-order valence-corrected chi connectivity index (χ4v) is 6.41. The van der Waals surface area contributed by atoms with Crippen molar-refractivity contribution in [1.29, 1.82) is 0 Å². The van der Waals surface area contributed by atoms with Crippen LogP contribution in [0.2, 0.25) is 0 Å². The maximum atomic E-state index is 13.6. The van der Waals surface area contributed by atoms with Crippen molar-refractivity contribution in [3.05, 3.63) is 54.1 Å². The van der Waals surface area contributed by atoms with Crippen molar-refractivity contribution in [1.82, 2.24) is 10.2 Å². The fraction of sp³-hybridized carbons (Fsp3) is 0.533. The fourth-order valence-electron chi connectivity index (χ4n) is 5.45. The van der Waals surface area contributed by atoms with Crippen molar-refractivity contribution >= 4 is 27.5 Å². The highest BCUT2D eigenvalue weighted by molar-refractivity contribution is 7.92. The highest BCUT2D eigenvalue weighted by Gasteiger charge is 2.30. The van der Waals surface area contributed by atoms with Gasteiger partial charge in [-0.15, -0.1) is 0 Å². The third kappa shape index (κ3) is 7.90. The maximum Gasteiger partial charge on any atom is 0.243 e. The zero-order chi connectivity index (χ0) is 28.5. The molecule has 0 bridgehead atoms. The molecule has 218 valence electrons. The van der Waals surface area contributed by atoms with Gasteiger partial charge in [-0.3, -0.25) is 13.9 Å². The Kier molecular flexibility index (Phi) is 10.3. The first-order valence-corrected chi connectivity index (χ1v) is 16.1. The third-order valence-corrected chi connectivity index (χ3v) is 8.73. The number of carbonyl (C=O) groups excluding carboxylic acids is 2. The SMILES string of the molecule is CC[C@@H](C(=O)NC1CCCC1)N(CCc1ccccc1)C(=O)CCCN(c1ccc2c(c1)OCCO2)S(C)(=O)=O. The second kappa shape index (κ2) is 13.9. The van der Waals surface area contributed by atoms with Crippen molar-refractivity contribution in [2.75, 3.05) is 36.9 Å². The number of amides is 2. The molecule has 10 heteroatoms. The van der Waals surface area contributed by atoms with Gasteiger partial charge in [-0.25, -0.2) is 8.42 Å². The molecule has 0 radical (unpaired) electrons. The van der Waals surface area contributed by atoms with Gasteiger partial charge in [0.05, 0.1) is 11.9 Å². The minimum absolute atomic E-state index is 0.107. The summed E-state index contributed by atoms with van der Waals surface area (Å²) in [5, 5.41) is 3.16. The van der Waals surface area contributed by atoms with E-state index in [1.807, 2.05) is 37.3 Å². The van der Waals surface area contributed by atoms with Crippen LogP contribution >= 0.6 is 0 Å². The molecule has 1 atom stereocenters. The molecule has 1 N–H and O–H groups in total. The Bertz CT molecular complexity index is 1250. The van der Waals surface area contributed by atoms with Crippen molar-refractivity contribution in [3.8, 4) is 11.5 Å². The van der Waals surface area contributed by atoms with Gasteiger partial charge in [-0.1, -0.05) is 50.1 Å². The van der Waals surface area contributed by atoms with Crippen LogP contribution in [0.15, 0.2) is 48.5 Å². The number of anilines is 1. The van der Waals surface area contributed by atoms with Crippen LogP contribution in [0.5, 0.6) is 11.5 Å². The molecule has 0 aromatic heterocycles. The van der Waals surface area contributed by atoms with E-state index < -0.39 is 16.1 Å². The molecule has 0 unspecified atom stereocenters. The van der Waals surface area contributed by atoms with Crippen LogP contribution < -0.4 is 19.1 Å². The Morgan fingerprint density at radius 2 is 1.70 bits per heavy atom. The summed E-state index contributed by atoms with van der Waals surface area (Å²) in [7, 11) is -3.61. The molecule has 40 heavy (non-hydrogen) atoms. The minimum atomic E-state index is -3.61. The summed E-state index contributed by atoms with van der Waals surface area (Å²) in [5.74, 6) is 0.818. The van der Waals surface area contributed by atoms with E-state index in [4.69, 9.17) is 9.47 Å². The molecule has 1 saturated carbocycles. The molecular weight excluding hydrogens is 530 g/mol. The Morgan fingerprint density at radius 1 is 1.00 bits per heavy atom. The molecule has 4 rings (SSSR count). The van der Waals surface area contributed by atoms with E-state index in [9.17, 15) is 18.0 Å². The largest absolute Gasteiger partial charge is 0.486 e. The summed E-state index contributed by atoms with van der Waals surface area (Å²) < 4.78 is 37.8. The van der Waals surface area contributed by atoms with E-state index in [1.54, 1.807) is 23.1 Å². The highest BCUT2D eigenvalue weighted by Crippen LogP contribution is 2.34. The standard InChI is InChI=1S/C30H41N3O6S/c1-3-26(30(35)31-24-12-7-8-13-24)32(19-17-23-10-5-4-6-11-23)29(34)14-9-18-33(40(2,36)37)25-15-16-27-28(22-25)39-21-20-38-27/h4-6,10-11,15-16,22,24,26H,3,7-9,12-14,17-21H2,1-2H3,(H,31,35)/t26-/m0/s1. The molecule has 9 nitrogen and oxygen atoms in total. The van der Waals surface area contributed by atoms with Crippen molar-refractivity contribution < 1.29 is 27.5 Å². The molecule has 0 saturated heterocycles. The first-order chi connectivity index (χ1) is 19.3. The molecule has 2 aliphatic rings. The average molecular weight is 572 g/mol. The smallest absolute Gasteiger partial charge is 0.243 e. The van der Waals surface area contributed by atoms with Gasteiger partial charge in [-0.2, -0.15) is 0 Å². The van der Waals surface area contributed by atoms with E-state index >= 15 is 0 Å². The van der Waals surface area contributed by atoms with Gasteiger partial charge in [0, 0.05) is 31.6 Å². The summed E-state index contributed by atoms with van der Waals surface area (Å²) in [4.78, 5) is 28.6. The van der Waals surface area contributed by atoms with Gasteiger partial charge in [0.15, 0.2) is 11.5 Å². The molecule has 1 fully saturated rings. The summed E-state index contributed by atoms with van der Waals surface area (Å²) in [6, 6.07) is 14.5. The normalized spacial score (nSPS) is 15.8. The molecule has 2 aromatic rings. The lowest BCUT2D eigenvalue weighted by atomic mass is 10.1. The number of rotatable bonds is 13. The van der Waals surface area contributed by atoms with E-state index in [1.165, 1.54) is 4.31 Å². The Balaban J connectivity index is 1.45. The number of fused-ring (bicyclic) bond motifs is 1. The number of nitrogens with zero attached hydrogens (tertiary/aromatic N) is 2. The molecule has 0 spiro atoms. The first-order valence-electron chi connectivity index (χ1n) is 14.3. The summed E-state index contributed by atoms with van der Waals surface area (Å²) in [6.07, 6.45) is 6.89. The molecular formula is C30H41N3O6S. The van der Waals surface area contributed by atoms with Crippen LogP contribution in [0, 0.1) is 0 Å². The second-order valence-corrected chi connectivity index (χ2v) is 12.4. The van der Waals surface area contributed by atoms with E-state index in [2.05, 4.69) is 5.32 Å². The Labute approximate surface area is 237 Å². The average Bonchev–Trinajstić information content (AvgIpc) is 3.45. The van der Waals surface area contributed by atoms with Gasteiger partial charge < -0.3 is 19.7 Å². The predicted octanol–water partition coefficient (Wildman–Crippen LogP) is 3.91. The number of hydrogen-bond donors (Lipinski definition) is 1. The Morgan fingerprint density at radius 3 is 2.38 bits per heavy atom. The number of sulfonamides is 1. The maximum absolute atomic E-state index is 13.6. The third-order valence-electron chi connectivity index (χ3n) is 7.54. The lowest BCUT2D eigenvalue weighted by Crippen LogP contribution is -2.52. The van der Waals surface area contributed by atoms with Crippen LogP contribution in [0.3, 0.4) is 0 Å². The number of benzene rings is 2. The number of carbonyl (C=O) groups is 2. The molecule has 1 aliphatic heterocycles. The van der Waals surface area contributed by atoms with Crippen LogP contribution in [0.1, 0.15) is 57.4 Å². The number of ether oxygens (including phenoxy) is 2. The zero-order valence-corrected chi connectivity index (χ0v) is 24.3. The van der Waals surface area contributed by atoms with E-state index in [0.29, 0.717) is 56.2 Å². The minimum Gasteiger partial charge on any atom is -0.486 e. The van der Waals surface area contributed by atoms with Crippen molar-refractivity contribution in [3.63, 3.8) is 0 Å². The van der Waals surface area contributed by atoms with Gasteiger partial charge in [0.25, 0.3) is 0 Å². The van der Waals surface area contributed by atoms with E-state index in [-0.39, 0.29) is 30.8 Å². The van der Waals surface area contributed by atoms with Crippen LogP contribution in [0.25, 0.3) is 0 Å². The quantitative estimate of drug-likeness (QED) is 0.391. The zero-order valence-electron chi connectivity index (χ0n) is 23.5. The number of nitrogens with one attached hydrogen (secondary N) is 1. The van der Waals surface area contributed by atoms with Gasteiger partial charge in [0.1, 0.15) is 19.3 Å². The topological polar surface area (TPSA) is 105 Å². The van der Waals surface area contributed by atoms with Crippen molar-refractivity contribution in [2.45, 2.75) is 70.4 Å². The lowest BCUT2D eigenvalue weighted by Gasteiger charge is -2.32. The van der Waals surface area contributed by atoms with Gasteiger partial charge >= 0.3 is 0 Å². The predicted molar refractivity (Wildman–Crippen MR) is 155 cm³/mol. The molecule has 2 amide bonds. The molecule has 2 aromatic carbocycles. The van der Waals surface area contributed by atoms with Crippen LogP contribution in [-0.2, 0) is 26.0 Å². The van der Waals surface area contributed by atoms with Gasteiger partial charge in [-0.05, 0) is 49.8 Å².